The van der Waals surface area contributed by atoms with E-state index in [0.29, 0.717) is 0 Å². The first-order valence-electron chi connectivity index (χ1n) is 19.0. The molecule has 0 atom stereocenters. The quantitative estimate of drug-likeness (QED) is 0.233. The molecule has 0 aromatic carbocycles. The van der Waals surface area contributed by atoms with Crippen LogP contribution >= 0.6 is 0 Å². The van der Waals surface area contributed by atoms with Gasteiger partial charge in [0.15, 0.2) is 0 Å². The topological polar surface area (TPSA) is 0 Å². The lowest BCUT2D eigenvalue weighted by molar-refractivity contribution is 1.50. The van der Waals surface area contributed by atoms with Crippen LogP contribution in [0.4, 0.5) is 0 Å². The lowest BCUT2D eigenvalue weighted by atomic mass is 11.0. The Morgan fingerprint density at radius 3 is 0.0625 bits per heavy atom. The lowest BCUT2D eigenvalue weighted by Gasteiger charge is -1.07. The molecule has 0 aliphatic rings. The Kier molecular flexibility index (Phi) is 0. The van der Waals surface area contributed by atoms with Crippen LogP contribution in [0.15, 0.2) is 0 Å². The Bertz CT molecular complexity index is 0. The second-order valence-electron chi connectivity index (χ2n) is 0. The third-order valence-corrected chi connectivity index (χ3v) is 0. The molecule has 0 N–H and O–H groups in total. The summed E-state index contributed by atoms with van der Waals surface area (Å²) in [6.45, 7) is 76.0. The highest BCUT2D eigenvalue weighted by Crippen LogP contribution is 1.18. The minimum Gasteiger partial charge on any atom is -0.0776 e. The second-order valence-corrected chi connectivity index (χ2v) is 0. The lowest BCUT2D eigenvalue weighted by Crippen LogP contribution is -0.856. The van der Waals surface area contributed by atoms with Gasteiger partial charge in [-0.05, 0) is 0 Å². The van der Waals surface area contributed by atoms with Crippen LogP contribution in [0.25, 0.3) is 0 Å². The standard InChI is InChI=1S/19C2H6.10CH4/c19*1-2;;;;;;;;;;/h19*1-2H3;10*1H4. The Hall–Kier alpha value is 0. The molecule has 0 bridgehead atoms. The summed E-state index contributed by atoms with van der Waals surface area (Å²) in [7, 11) is 0. The molecule has 0 saturated carbocycles. The van der Waals surface area contributed by atoms with Crippen LogP contribution in [0.3, 0.4) is 0 Å². The highest BCUT2D eigenvalue weighted by molar-refractivity contribution is 3.54. The van der Waals surface area contributed by atoms with Crippen LogP contribution in [-0.2, 0) is 0 Å². The molecule has 0 unspecified atom stereocenters. The molecule has 0 aromatic rings. The van der Waals surface area contributed by atoms with Gasteiger partial charge in [-0.1, -0.05) is 337 Å². The third kappa shape index (κ3) is 0. The fourth-order valence-corrected chi connectivity index (χ4v) is 0. The molecule has 0 rings (SSSR count). The van der Waals surface area contributed by atoms with Crippen LogP contribution in [0.2, 0.25) is 0 Å². The molecule has 0 heteroatoms. The zero-order valence-corrected chi connectivity index (χ0v) is 38.0. The van der Waals surface area contributed by atoms with Gasteiger partial charge in [0.25, 0.3) is 0 Å². The van der Waals surface area contributed by atoms with E-state index in [1.54, 1.807) is 0 Å². The van der Waals surface area contributed by atoms with E-state index in [2.05, 4.69) is 0 Å². The third-order valence-electron chi connectivity index (χ3n) is 0. The van der Waals surface area contributed by atoms with Crippen molar-refractivity contribution in [3.05, 3.63) is 0 Å². The Morgan fingerprint density at radius 1 is 0.0625 bits per heavy atom. The largest absolute Gasteiger partial charge is 0.0776 e. The summed E-state index contributed by atoms with van der Waals surface area (Å²) in [6.07, 6.45) is 0. The summed E-state index contributed by atoms with van der Waals surface area (Å²) in [4.78, 5) is 0. The zero-order valence-electron chi connectivity index (χ0n) is 38.0. The predicted molar refractivity (Wildman–Crippen MR) is 283 cm³/mol. The van der Waals surface area contributed by atoms with Gasteiger partial charge in [-0.2, -0.15) is 0 Å². The van der Waals surface area contributed by atoms with E-state index in [0.717, 1.165) is 0 Å². The highest BCUT2D eigenvalue weighted by atomic mass is 13.0. The molecule has 0 nitrogen and oxygen atoms in total. The molecule has 0 amide bonds. The molecule has 48 heavy (non-hydrogen) atoms. The Morgan fingerprint density at radius 2 is 0.0625 bits per heavy atom. The first-order valence-corrected chi connectivity index (χ1v) is 19.0. The van der Waals surface area contributed by atoms with Crippen molar-refractivity contribution in [3.63, 3.8) is 0 Å². The minimum absolute atomic E-state index is 0. The second kappa shape index (κ2) is 0. The number of rotatable bonds is 0. The maximum absolute atomic E-state index is 2.00. The van der Waals surface area contributed by atoms with Gasteiger partial charge in [-0.25, -0.2) is 0 Å². The van der Waals surface area contributed by atoms with Crippen molar-refractivity contribution in [3.8, 4) is 0 Å². The van der Waals surface area contributed by atoms with Crippen molar-refractivity contribution in [2.75, 3.05) is 0 Å². The van der Waals surface area contributed by atoms with E-state index in [-0.39, 0.29) is 74.3 Å². The summed E-state index contributed by atoms with van der Waals surface area (Å²) in [5.74, 6) is 0. The minimum atomic E-state index is 0. The summed E-state index contributed by atoms with van der Waals surface area (Å²) in [5.41, 5.74) is 0. The van der Waals surface area contributed by atoms with Crippen molar-refractivity contribution < 1.29 is 0 Å². The Labute approximate surface area is 336 Å². The summed E-state index contributed by atoms with van der Waals surface area (Å²) in [5, 5.41) is 0. The first kappa shape index (κ1) is 294. The molecule has 0 radical (unpaired) electrons. The first-order chi connectivity index (χ1) is 19.0. The highest BCUT2D eigenvalue weighted by Gasteiger charge is 0.968. The van der Waals surface area contributed by atoms with Gasteiger partial charge in [-0.3, -0.25) is 0 Å². The van der Waals surface area contributed by atoms with Gasteiger partial charge in [0, 0.05) is 0 Å². The van der Waals surface area contributed by atoms with Gasteiger partial charge >= 0.3 is 0 Å². The summed E-state index contributed by atoms with van der Waals surface area (Å²) < 4.78 is 0. The van der Waals surface area contributed by atoms with Crippen molar-refractivity contribution in [1.29, 1.82) is 0 Å². The molecule has 0 aliphatic carbocycles. The van der Waals surface area contributed by atoms with Crippen molar-refractivity contribution in [1.82, 2.24) is 0 Å². The average Bonchev–Trinajstić information content (AvgIpc) is 3.17. The van der Waals surface area contributed by atoms with Gasteiger partial charge in [0.2, 0.25) is 0 Å². The van der Waals surface area contributed by atoms with E-state index in [1.165, 1.54) is 0 Å². The molecular weight excluding hydrogens is 577 g/mol. The van der Waals surface area contributed by atoms with E-state index in [1.807, 2.05) is 263 Å². The maximum Gasteiger partial charge on any atom is -0.0683 e. The summed E-state index contributed by atoms with van der Waals surface area (Å²) in [6, 6.07) is 0. The van der Waals surface area contributed by atoms with Gasteiger partial charge in [-0.15, -0.1) is 0 Å². The summed E-state index contributed by atoms with van der Waals surface area (Å²) >= 11 is 0. The van der Waals surface area contributed by atoms with Crippen molar-refractivity contribution in [2.45, 2.75) is 337 Å². The van der Waals surface area contributed by atoms with E-state index in [4.69, 9.17) is 0 Å². The molecule has 0 fully saturated rings. The monoisotopic (exact) mass is 731 g/mol. The fraction of sp³-hybridized carbons (Fsp3) is 1.00. The molecular formula is C48H154. The van der Waals surface area contributed by atoms with E-state index >= 15 is 0 Å². The molecule has 0 aliphatic heterocycles. The molecule has 0 saturated heterocycles. The van der Waals surface area contributed by atoms with Gasteiger partial charge < -0.3 is 0 Å². The molecule has 0 heterocycles. The molecule has 346 valence electrons. The van der Waals surface area contributed by atoms with Gasteiger partial charge in [0.1, 0.15) is 0 Å². The molecule has 0 spiro atoms. The van der Waals surface area contributed by atoms with Crippen LogP contribution in [0, 0.1) is 0 Å². The van der Waals surface area contributed by atoms with Crippen molar-refractivity contribution >= 4 is 0 Å². The SMILES string of the molecule is C.C.C.C.C.C.C.C.C.C.CC.CC.CC.CC.CC.CC.CC.CC.CC.CC.CC.CC.CC.CC.CC.CC.CC.CC.CC. The van der Waals surface area contributed by atoms with Crippen LogP contribution in [0.5, 0.6) is 0 Å². The van der Waals surface area contributed by atoms with Crippen molar-refractivity contribution in [2.24, 2.45) is 0 Å². The normalized spacial score (nSPS) is 2.38. The van der Waals surface area contributed by atoms with Crippen LogP contribution in [-0.4, -0.2) is 0 Å². The molecule has 0 aromatic heterocycles. The van der Waals surface area contributed by atoms with Crippen LogP contribution in [0.1, 0.15) is 337 Å². The Balaban J connectivity index is -0.00000000291. The average molecular weight is 732 g/mol. The van der Waals surface area contributed by atoms with E-state index < -0.39 is 0 Å². The van der Waals surface area contributed by atoms with Crippen LogP contribution < -0.4 is 0 Å². The number of hydrogen-bond donors (Lipinski definition) is 0. The maximum atomic E-state index is 2.00. The van der Waals surface area contributed by atoms with Gasteiger partial charge in [0.05, 0.1) is 0 Å². The smallest absolute Gasteiger partial charge is 0.0683 e. The fourth-order valence-electron chi connectivity index (χ4n) is 0. The zero-order chi connectivity index (χ0) is 38.0. The predicted octanol–water partition coefficient (Wildman–Crippen LogP) is 25.9. The number of hydrogen-bond acceptors (Lipinski definition) is 0. The van der Waals surface area contributed by atoms with E-state index in [9.17, 15) is 0 Å².